The molecule has 0 aromatic carbocycles. The highest BCUT2D eigenvalue weighted by atomic mass is 28.4. The largest absolute Gasteiger partial charge is 0.547 e. The Bertz CT molecular complexity index is 284. The van der Waals surface area contributed by atoms with Gasteiger partial charge in [0.05, 0.1) is 5.76 Å². The lowest BCUT2D eigenvalue weighted by Crippen LogP contribution is -2.40. The van der Waals surface area contributed by atoms with Gasteiger partial charge in [-0.15, -0.1) is 6.58 Å². The van der Waals surface area contributed by atoms with E-state index in [4.69, 9.17) is 4.43 Å². The molecule has 2 heteroatoms. The Kier molecular flexibility index (Phi) is 6.98. The average Bonchev–Trinajstić information content (AvgIpc) is 2.21. The van der Waals surface area contributed by atoms with Crippen LogP contribution in [-0.2, 0) is 4.43 Å². The van der Waals surface area contributed by atoms with Crippen molar-refractivity contribution in [3.8, 4) is 0 Å². The minimum Gasteiger partial charge on any atom is -0.547 e. The highest BCUT2D eigenvalue weighted by Crippen LogP contribution is 2.38. The monoisotopic (exact) mass is 268 g/mol. The summed E-state index contributed by atoms with van der Waals surface area (Å²) in [4.78, 5) is 0. The molecular weight excluding hydrogens is 236 g/mol. The summed E-state index contributed by atoms with van der Waals surface area (Å²) in [5.41, 5.74) is 0. The van der Waals surface area contributed by atoms with Gasteiger partial charge in [-0.25, -0.2) is 0 Å². The van der Waals surface area contributed by atoms with E-state index in [9.17, 15) is 0 Å². The Morgan fingerprint density at radius 2 is 1.89 bits per heavy atom. The molecule has 1 atom stereocenters. The van der Waals surface area contributed by atoms with Gasteiger partial charge in [0.25, 0.3) is 0 Å². The Morgan fingerprint density at radius 1 is 1.33 bits per heavy atom. The molecule has 0 aromatic rings. The van der Waals surface area contributed by atoms with Crippen molar-refractivity contribution >= 4 is 8.32 Å². The Labute approximate surface area is 115 Å². The molecule has 0 aromatic heterocycles. The summed E-state index contributed by atoms with van der Waals surface area (Å²) in [5.74, 6) is 1.53. The third-order valence-electron chi connectivity index (χ3n) is 3.86. The fourth-order valence-corrected chi connectivity index (χ4v) is 2.78. The molecule has 0 radical (unpaired) electrons. The summed E-state index contributed by atoms with van der Waals surface area (Å²) < 4.78 is 6.27. The standard InChI is InChI=1S/C16H32OSi/c1-9-11-12-15(10-2)13-14(3)17-18(7,8)16(4,5)6/h10,13,15H,2,9,11-12H2,1,3-8H3/b14-13+. The molecule has 0 aliphatic rings. The first-order valence-electron chi connectivity index (χ1n) is 7.14. The van der Waals surface area contributed by atoms with Gasteiger partial charge in [0.1, 0.15) is 0 Å². The lowest BCUT2D eigenvalue weighted by molar-refractivity contribution is 0.380. The molecule has 0 N–H and O–H groups in total. The van der Waals surface area contributed by atoms with Crippen LogP contribution in [0.5, 0.6) is 0 Å². The quantitative estimate of drug-likeness (QED) is 0.317. The normalized spacial score (nSPS) is 15.4. The molecule has 0 heterocycles. The Balaban J connectivity index is 4.63. The van der Waals surface area contributed by atoms with Crippen LogP contribution in [0.3, 0.4) is 0 Å². The van der Waals surface area contributed by atoms with E-state index in [-0.39, 0.29) is 5.04 Å². The highest BCUT2D eigenvalue weighted by Gasteiger charge is 2.38. The summed E-state index contributed by atoms with van der Waals surface area (Å²) in [6, 6.07) is 0. The van der Waals surface area contributed by atoms with Crippen molar-refractivity contribution in [1.29, 1.82) is 0 Å². The zero-order chi connectivity index (χ0) is 14.4. The van der Waals surface area contributed by atoms with Crippen molar-refractivity contribution in [3.63, 3.8) is 0 Å². The van der Waals surface area contributed by atoms with Crippen LogP contribution in [0.2, 0.25) is 18.1 Å². The van der Waals surface area contributed by atoms with E-state index in [1.807, 2.05) is 6.08 Å². The maximum absolute atomic E-state index is 6.27. The topological polar surface area (TPSA) is 9.23 Å². The zero-order valence-corrected chi connectivity index (χ0v) is 14.5. The van der Waals surface area contributed by atoms with Crippen LogP contribution < -0.4 is 0 Å². The van der Waals surface area contributed by atoms with Gasteiger partial charge in [-0.05, 0) is 43.5 Å². The molecule has 1 unspecified atom stereocenters. The van der Waals surface area contributed by atoms with E-state index < -0.39 is 8.32 Å². The summed E-state index contributed by atoms with van der Waals surface area (Å²) in [6.07, 6.45) is 7.94. The molecule has 18 heavy (non-hydrogen) atoms. The van der Waals surface area contributed by atoms with Crippen molar-refractivity contribution in [1.82, 2.24) is 0 Å². The van der Waals surface area contributed by atoms with Crippen LogP contribution in [0.25, 0.3) is 0 Å². The van der Waals surface area contributed by atoms with Crippen molar-refractivity contribution in [2.45, 2.75) is 72.0 Å². The van der Waals surface area contributed by atoms with Crippen LogP contribution in [0, 0.1) is 5.92 Å². The second kappa shape index (κ2) is 7.18. The van der Waals surface area contributed by atoms with Gasteiger partial charge in [0, 0.05) is 0 Å². The van der Waals surface area contributed by atoms with Crippen LogP contribution in [0.4, 0.5) is 0 Å². The second-order valence-corrected chi connectivity index (χ2v) is 11.4. The molecule has 0 spiro atoms. The van der Waals surface area contributed by atoms with Gasteiger partial charge < -0.3 is 4.43 Å². The number of unbranched alkanes of at least 4 members (excludes halogenated alkanes) is 1. The van der Waals surface area contributed by atoms with Crippen molar-refractivity contribution < 1.29 is 4.43 Å². The van der Waals surface area contributed by atoms with Gasteiger partial charge in [-0.3, -0.25) is 0 Å². The molecule has 0 amide bonds. The molecule has 0 rings (SSSR count). The summed E-state index contributed by atoms with van der Waals surface area (Å²) in [6.45, 7) is 19.6. The SMILES string of the molecule is C=CC(/C=C(\C)O[Si](C)(C)C(C)(C)C)CCCC. The lowest BCUT2D eigenvalue weighted by atomic mass is 10.0. The van der Waals surface area contributed by atoms with Gasteiger partial charge in [0.15, 0.2) is 0 Å². The molecule has 0 aliphatic heterocycles. The van der Waals surface area contributed by atoms with E-state index in [2.05, 4.69) is 60.4 Å². The van der Waals surface area contributed by atoms with Crippen LogP contribution >= 0.6 is 0 Å². The summed E-state index contributed by atoms with van der Waals surface area (Å²) in [7, 11) is -1.68. The van der Waals surface area contributed by atoms with E-state index in [1.165, 1.54) is 19.3 Å². The molecule has 0 bridgehead atoms. The first-order valence-corrected chi connectivity index (χ1v) is 10.0. The van der Waals surface area contributed by atoms with E-state index >= 15 is 0 Å². The zero-order valence-electron chi connectivity index (χ0n) is 13.5. The molecule has 106 valence electrons. The Morgan fingerprint density at radius 3 is 2.28 bits per heavy atom. The minimum atomic E-state index is -1.68. The van der Waals surface area contributed by atoms with E-state index in [0.717, 1.165) is 5.76 Å². The molecule has 0 aliphatic carbocycles. The van der Waals surface area contributed by atoms with Crippen LogP contribution in [0.1, 0.15) is 53.9 Å². The van der Waals surface area contributed by atoms with E-state index in [0.29, 0.717) is 5.92 Å². The average molecular weight is 269 g/mol. The number of hydrogen-bond donors (Lipinski definition) is 0. The third kappa shape index (κ3) is 5.90. The van der Waals surface area contributed by atoms with Crippen molar-refractivity contribution in [3.05, 3.63) is 24.5 Å². The maximum atomic E-state index is 6.27. The van der Waals surface area contributed by atoms with Gasteiger partial charge in [-0.2, -0.15) is 0 Å². The minimum absolute atomic E-state index is 0.259. The van der Waals surface area contributed by atoms with Gasteiger partial charge >= 0.3 is 0 Å². The fourth-order valence-electron chi connectivity index (χ4n) is 1.60. The smallest absolute Gasteiger partial charge is 0.250 e. The highest BCUT2D eigenvalue weighted by molar-refractivity contribution is 6.74. The Hall–Kier alpha value is -0.503. The molecule has 1 nitrogen and oxygen atoms in total. The predicted octanol–water partition coefficient (Wildman–Crippen LogP) is 5.90. The van der Waals surface area contributed by atoms with Crippen molar-refractivity contribution in [2.75, 3.05) is 0 Å². The lowest BCUT2D eigenvalue weighted by Gasteiger charge is -2.37. The fraction of sp³-hybridized carbons (Fsp3) is 0.750. The van der Waals surface area contributed by atoms with Crippen LogP contribution in [0.15, 0.2) is 24.5 Å². The predicted molar refractivity (Wildman–Crippen MR) is 85.3 cm³/mol. The molecule has 0 saturated heterocycles. The van der Waals surface area contributed by atoms with Gasteiger partial charge in [0.2, 0.25) is 8.32 Å². The van der Waals surface area contributed by atoms with E-state index in [1.54, 1.807) is 0 Å². The molecular formula is C16H32OSi. The second-order valence-electron chi connectivity index (χ2n) is 6.68. The summed E-state index contributed by atoms with van der Waals surface area (Å²) in [5, 5.41) is 0.259. The number of allylic oxidation sites excluding steroid dienone is 3. The number of hydrogen-bond acceptors (Lipinski definition) is 1. The van der Waals surface area contributed by atoms with Crippen LogP contribution in [-0.4, -0.2) is 8.32 Å². The first-order chi connectivity index (χ1) is 8.14. The first kappa shape index (κ1) is 17.5. The molecule has 0 saturated carbocycles. The van der Waals surface area contributed by atoms with Crippen molar-refractivity contribution in [2.24, 2.45) is 5.92 Å². The third-order valence-corrected chi connectivity index (χ3v) is 8.31. The van der Waals surface area contributed by atoms with Gasteiger partial charge in [-0.1, -0.05) is 46.6 Å². The molecule has 0 fully saturated rings. The number of rotatable bonds is 7. The summed E-state index contributed by atoms with van der Waals surface area (Å²) >= 11 is 0. The maximum Gasteiger partial charge on any atom is 0.250 e.